The predicted octanol–water partition coefficient (Wildman–Crippen LogP) is 2.91. The Morgan fingerprint density at radius 2 is 2.10 bits per heavy atom. The molecule has 3 nitrogen and oxygen atoms in total. The van der Waals surface area contributed by atoms with E-state index in [-0.39, 0.29) is 11.7 Å². The fourth-order valence-corrected chi connectivity index (χ4v) is 4.15. The molecule has 0 radical (unpaired) electrons. The van der Waals surface area contributed by atoms with E-state index in [0.717, 1.165) is 25.3 Å². The zero-order chi connectivity index (χ0) is 13.7. The molecular formula is C17H23NO2. The van der Waals surface area contributed by atoms with Crippen molar-refractivity contribution in [3.8, 4) is 5.75 Å². The fraction of sp³-hybridized carbons (Fsp3) is 0.647. The summed E-state index contributed by atoms with van der Waals surface area (Å²) in [5.41, 5.74) is 1.09. The van der Waals surface area contributed by atoms with Crippen LogP contribution in [0.5, 0.6) is 5.75 Å². The highest BCUT2D eigenvalue weighted by atomic mass is 16.5. The highest BCUT2D eigenvalue weighted by Crippen LogP contribution is 2.52. The van der Waals surface area contributed by atoms with Crippen LogP contribution in [0.3, 0.4) is 0 Å². The van der Waals surface area contributed by atoms with Gasteiger partial charge in [0.15, 0.2) is 0 Å². The van der Waals surface area contributed by atoms with Gasteiger partial charge in [0.1, 0.15) is 11.4 Å². The quantitative estimate of drug-likeness (QED) is 0.788. The van der Waals surface area contributed by atoms with Crippen LogP contribution < -0.4 is 10.1 Å². The monoisotopic (exact) mass is 273 g/mol. The summed E-state index contributed by atoms with van der Waals surface area (Å²) in [5, 5.41) is 3.51. The Balaban J connectivity index is 1.72. The van der Waals surface area contributed by atoms with Gasteiger partial charge in [-0.1, -0.05) is 18.2 Å². The molecule has 108 valence electrons. The van der Waals surface area contributed by atoms with Crippen LogP contribution in [0.1, 0.15) is 38.4 Å². The first-order valence-electron chi connectivity index (χ1n) is 7.79. The van der Waals surface area contributed by atoms with E-state index in [1.807, 2.05) is 6.07 Å². The van der Waals surface area contributed by atoms with E-state index >= 15 is 0 Å². The highest BCUT2D eigenvalue weighted by Gasteiger charge is 2.50. The number of nitrogens with one attached hydrogen (secondary N) is 1. The first-order valence-corrected chi connectivity index (χ1v) is 7.79. The minimum atomic E-state index is -0.151. The molecule has 0 unspecified atom stereocenters. The van der Waals surface area contributed by atoms with Gasteiger partial charge in [-0.25, -0.2) is 0 Å². The SMILES string of the molecule is CC1(C)Oc2ccccc2[C@H]2O[C@H]3CCNC[C@@H]3C[C@@H]21. The summed E-state index contributed by atoms with van der Waals surface area (Å²) in [6, 6.07) is 8.38. The van der Waals surface area contributed by atoms with Crippen LogP contribution in [0.15, 0.2) is 24.3 Å². The summed E-state index contributed by atoms with van der Waals surface area (Å²) in [6.07, 6.45) is 2.95. The Labute approximate surface area is 120 Å². The average molecular weight is 273 g/mol. The largest absolute Gasteiger partial charge is 0.487 e. The summed E-state index contributed by atoms with van der Waals surface area (Å²) in [5.74, 6) is 2.09. The van der Waals surface area contributed by atoms with Gasteiger partial charge in [-0.05, 0) is 45.2 Å². The van der Waals surface area contributed by atoms with Crippen molar-refractivity contribution in [3.05, 3.63) is 29.8 Å². The Morgan fingerprint density at radius 3 is 3.00 bits per heavy atom. The van der Waals surface area contributed by atoms with Crippen LogP contribution in [-0.2, 0) is 4.74 Å². The molecule has 0 aromatic heterocycles. The molecular weight excluding hydrogens is 250 g/mol. The molecule has 4 rings (SSSR count). The smallest absolute Gasteiger partial charge is 0.125 e. The van der Waals surface area contributed by atoms with Crippen LogP contribution in [-0.4, -0.2) is 24.8 Å². The standard InChI is InChI=1S/C17H23NO2/c1-17(2)13-9-11-10-18-8-7-14(11)19-16(13)12-5-3-4-6-15(12)20-17/h3-6,11,13-14,16,18H,7-10H2,1-2H3/t11-,13-,14-,16+/m0/s1. The van der Waals surface area contributed by atoms with Crippen molar-refractivity contribution >= 4 is 0 Å². The van der Waals surface area contributed by atoms with E-state index < -0.39 is 0 Å². The van der Waals surface area contributed by atoms with E-state index in [1.54, 1.807) is 0 Å². The van der Waals surface area contributed by atoms with Crippen molar-refractivity contribution in [2.45, 2.75) is 44.5 Å². The van der Waals surface area contributed by atoms with Crippen molar-refractivity contribution in [2.24, 2.45) is 11.8 Å². The lowest BCUT2D eigenvalue weighted by Crippen LogP contribution is -2.54. The van der Waals surface area contributed by atoms with E-state index in [2.05, 4.69) is 37.4 Å². The normalized spacial score (nSPS) is 38.1. The Bertz CT molecular complexity index is 513. The van der Waals surface area contributed by atoms with Crippen LogP contribution in [0.25, 0.3) is 0 Å². The van der Waals surface area contributed by atoms with Gasteiger partial charge in [-0.15, -0.1) is 0 Å². The molecule has 3 aliphatic rings. The third-order valence-electron chi connectivity index (χ3n) is 5.27. The fourth-order valence-electron chi connectivity index (χ4n) is 4.15. The number of fused-ring (bicyclic) bond motifs is 4. The molecule has 3 heterocycles. The van der Waals surface area contributed by atoms with E-state index in [9.17, 15) is 0 Å². The van der Waals surface area contributed by atoms with Crippen molar-refractivity contribution < 1.29 is 9.47 Å². The van der Waals surface area contributed by atoms with Gasteiger partial charge in [0.2, 0.25) is 0 Å². The van der Waals surface area contributed by atoms with Crippen LogP contribution in [0, 0.1) is 11.8 Å². The first kappa shape index (κ1) is 12.7. The Hall–Kier alpha value is -1.06. The molecule has 0 saturated carbocycles. The van der Waals surface area contributed by atoms with Gasteiger partial charge in [0.25, 0.3) is 0 Å². The number of rotatable bonds is 0. The van der Waals surface area contributed by atoms with Gasteiger partial charge >= 0.3 is 0 Å². The zero-order valence-electron chi connectivity index (χ0n) is 12.3. The maximum atomic E-state index is 6.54. The summed E-state index contributed by atoms with van der Waals surface area (Å²) in [7, 11) is 0. The van der Waals surface area contributed by atoms with Crippen LogP contribution in [0.2, 0.25) is 0 Å². The summed E-state index contributed by atoms with van der Waals surface area (Å²) >= 11 is 0. The van der Waals surface area contributed by atoms with Gasteiger partial charge in [-0.3, -0.25) is 0 Å². The molecule has 1 aromatic rings. The second kappa shape index (κ2) is 4.47. The second-order valence-electron chi connectivity index (χ2n) is 6.93. The lowest BCUT2D eigenvalue weighted by atomic mass is 9.71. The molecule has 0 spiro atoms. The minimum absolute atomic E-state index is 0.151. The third-order valence-corrected chi connectivity index (χ3v) is 5.27. The molecule has 3 heteroatoms. The van der Waals surface area contributed by atoms with Crippen LogP contribution in [0.4, 0.5) is 0 Å². The highest BCUT2D eigenvalue weighted by molar-refractivity contribution is 5.39. The van der Waals surface area contributed by atoms with E-state index in [4.69, 9.17) is 9.47 Å². The second-order valence-corrected chi connectivity index (χ2v) is 6.93. The van der Waals surface area contributed by atoms with E-state index in [1.165, 1.54) is 12.0 Å². The number of piperidine rings is 1. The van der Waals surface area contributed by atoms with Crippen molar-refractivity contribution in [1.82, 2.24) is 5.32 Å². The summed E-state index contributed by atoms with van der Waals surface area (Å²) in [6.45, 7) is 6.59. The molecule has 0 aliphatic carbocycles. The number of ether oxygens (including phenoxy) is 2. The van der Waals surface area contributed by atoms with Gasteiger partial charge in [0, 0.05) is 18.0 Å². The van der Waals surface area contributed by atoms with Crippen molar-refractivity contribution in [1.29, 1.82) is 0 Å². The third kappa shape index (κ3) is 1.87. The Morgan fingerprint density at radius 1 is 1.25 bits per heavy atom. The van der Waals surface area contributed by atoms with Gasteiger partial charge in [0.05, 0.1) is 12.2 Å². The molecule has 0 amide bonds. The minimum Gasteiger partial charge on any atom is -0.487 e. The van der Waals surface area contributed by atoms with Gasteiger partial charge < -0.3 is 14.8 Å². The molecule has 1 N–H and O–H groups in total. The number of hydrogen-bond acceptors (Lipinski definition) is 3. The predicted molar refractivity (Wildman–Crippen MR) is 77.8 cm³/mol. The summed E-state index contributed by atoms with van der Waals surface area (Å²) < 4.78 is 12.8. The molecule has 3 aliphatic heterocycles. The van der Waals surface area contributed by atoms with E-state index in [0.29, 0.717) is 17.9 Å². The Kier molecular flexibility index (Phi) is 2.83. The number of hydrogen-bond donors (Lipinski definition) is 1. The first-order chi connectivity index (χ1) is 9.65. The summed E-state index contributed by atoms with van der Waals surface area (Å²) in [4.78, 5) is 0. The average Bonchev–Trinajstić information content (AvgIpc) is 2.45. The van der Waals surface area contributed by atoms with Crippen molar-refractivity contribution in [3.63, 3.8) is 0 Å². The topological polar surface area (TPSA) is 30.5 Å². The lowest BCUT2D eigenvalue weighted by Gasteiger charge is -2.52. The zero-order valence-corrected chi connectivity index (χ0v) is 12.3. The molecule has 4 atom stereocenters. The molecule has 0 bridgehead atoms. The number of para-hydroxylation sites is 1. The molecule has 1 aromatic carbocycles. The van der Waals surface area contributed by atoms with Crippen LogP contribution >= 0.6 is 0 Å². The molecule has 2 saturated heterocycles. The molecule has 20 heavy (non-hydrogen) atoms. The maximum absolute atomic E-state index is 6.54. The van der Waals surface area contributed by atoms with Crippen molar-refractivity contribution in [2.75, 3.05) is 13.1 Å². The maximum Gasteiger partial charge on any atom is 0.125 e. The number of benzene rings is 1. The molecule has 2 fully saturated rings. The lowest BCUT2D eigenvalue weighted by molar-refractivity contribution is -0.178. The van der Waals surface area contributed by atoms with Gasteiger partial charge in [-0.2, -0.15) is 0 Å².